The summed E-state index contributed by atoms with van der Waals surface area (Å²) in [4.78, 5) is 12.5. The van der Waals surface area contributed by atoms with Gasteiger partial charge in [-0.15, -0.1) is 0 Å². The molecule has 106 valence electrons. The third-order valence-corrected chi connectivity index (χ3v) is 3.17. The van der Waals surface area contributed by atoms with Crippen molar-refractivity contribution in [2.75, 3.05) is 14.2 Å². The van der Waals surface area contributed by atoms with Crippen molar-refractivity contribution in [1.29, 1.82) is 0 Å². The molecular formula is C15H18N2O3. The van der Waals surface area contributed by atoms with E-state index in [0.717, 1.165) is 12.1 Å². The molecule has 0 aliphatic carbocycles. The number of methoxy groups -OCH3 is 2. The Balaban J connectivity index is 2.40. The Morgan fingerprint density at radius 3 is 2.45 bits per heavy atom. The van der Waals surface area contributed by atoms with Gasteiger partial charge < -0.3 is 9.47 Å². The van der Waals surface area contributed by atoms with E-state index in [4.69, 9.17) is 9.47 Å². The van der Waals surface area contributed by atoms with Gasteiger partial charge in [0.2, 0.25) is 5.78 Å². The molecule has 0 amide bonds. The van der Waals surface area contributed by atoms with Crippen molar-refractivity contribution in [3.05, 3.63) is 41.2 Å². The summed E-state index contributed by atoms with van der Waals surface area (Å²) < 4.78 is 12.0. The standard InChI is InChI=1S/C15H18N2O3/c1-5-11-9-12(17(2)16-11)15(18)10-6-7-13(19-3)14(8-10)20-4/h6-9H,5H2,1-4H3. The molecule has 0 bridgehead atoms. The van der Waals surface area contributed by atoms with Gasteiger partial charge in [0, 0.05) is 12.6 Å². The van der Waals surface area contributed by atoms with Crippen molar-refractivity contribution in [1.82, 2.24) is 9.78 Å². The van der Waals surface area contributed by atoms with E-state index in [2.05, 4.69) is 5.10 Å². The molecule has 0 aliphatic heterocycles. The van der Waals surface area contributed by atoms with Crippen LogP contribution in [0.25, 0.3) is 0 Å². The Labute approximate surface area is 118 Å². The average Bonchev–Trinajstić information content (AvgIpc) is 2.86. The zero-order valence-corrected chi connectivity index (χ0v) is 12.1. The minimum Gasteiger partial charge on any atom is -0.493 e. The summed E-state index contributed by atoms with van der Waals surface area (Å²) in [6.07, 6.45) is 0.799. The number of ketones is 1. The molecule has 1 aromatic heterocycles. The summed E-state index contributed by atoms with van der Waals surface area (Å²) in [6.45, 7) is 2.01. The fourth-order valence-electron chi connectivity index (χ4n) is 2.04. The molecule has 0 aliphatic rings. The van der Waals surface area contributed by atoms with Crippen LogP contribution >= 0.6 is 0 Å². The van der Waals surface area contributed by atoms with Crippen molar-refractivity contribution in [3.8, 4) is 11.5 Å². The van der Waals surface area contributed by atoms with E-state index in [1.165, 1.54) is 0 Å². The number of rotatable bonds is 5. The SMILES string of the molecule is CCc1cc(C(=O)c2ccc(OC)c(OC)c2)n(C)n1. The first kappa shape index (κ1) is 14.1. The maximum Gasteiger partial charge on any atom is 0.211 e. The second-order valence-electron chi connectivity index (χ2n) is 4.40. The zero-order valence-electron chi connectivity index (χ0n) is 12.1. The average molecular weight is 274 g/mol. The van der Waals surface area contributed by atoms with Gasteiger partial charge in [-0.1, -0.05) is 6.92 Å². The van der Waals surface area contributed by atoms with E-state index in [0.29, 0.717) is 22.8 Å². The largest absolute Gasteiger partial charge is 0.493 e. The minimum atomic E-state index is -0.0827. The molecule has 0 atom stereocenters. The first-order valence-corrected chi connectivity index (χ1v) is 6.40. The normalized spacial score (nSPS) is 10.4. The second kappa shape index (κ2) is 5.77. The van der Waals surface area contributed by atoms with E-state index < -0.39 is 0 Å². The van der Waals surface area contributed by atoms with E-state index in [9.17, 15) is 4.79 Å². The molecule has 2 aromatic rings. The molecule has 5 nitrogen and oxygen atoms in total. The second-order valence-corrected chi connectivity index (χ2v) is 4.40. The van der Waals surface area contributed by atoms with E-state index in [-0.39, 0.29) is 5.78 Å². The summed E-state index contributed by atoms with van der Waals surface area (Å²) >= 11 is 0. The fraction of sp³-hybridized carbons (Fsp3) is 0.333. The number of aryl methyl sites for hydroxylation is 2. The van der Waals surface area contributed by atoms with Crippen molar-refractivity contribution < 1.29 is 14.3 Å². The number of hydrogen-bond donors (Lipinski definition) is 0. The van der Waals surface area contributed by atoms with Crippen LogP contribution < -0.4 is 9.47 Å². The van der Waals surface area contributed by atoms with E-state index in [1.54, 1.807) is 44.1 Å². The maximum absolute atomic E-state index is 12.5. The van der Waals surface area contributed by atoms with Crippen molar-refractivity contribution >= 4 is 5.78 Å². The zero-order chi connectivity index (χ0) is 14.7. The molecule has 1 heterocycles. The number of nitrogens with zero attached hydrogens (tertiary/aromatic N) is 2. The van der Waals surface area contributed by atoms with Crippen LogP contribution in [0.3, 0.4) is 0 Å². The van der Waals surface area contributed by atoms with Gasteiger partial charge in [-0.25, -0.2) is 0 Å². The monoisotopic (exact) mass is 274 g/mol. The van der Waals surface area contributed by atoms with Gasteiger partial charge in [0.25, 0.3) is 0 Å². The number of carbonyl (C=O) groups excluding carboxylic acids is 1. The molecule has 1 aromatic carbocycles. The third kappa shape index (κ3) is 2.52. The highest BCUT2D eigenvalue weighted by molar-refractivity contribution is 6.08. The molecule has 0 N–H and O–H groups in total. The first-order valence-electron chi connectivity index (χ1n) is 6.40. The van der Waals surface area contributed by atoms with Gasteiger partial charge in [0.05, 0.1) is 19.9 Å². The fourth-order valence-corrected chi connectivity index (χ4v) is 2.04. The first-order chi connectivity index (χ1) is 9.60. The highest BCUT2D eigenvalue weighted by Crippen LogP contribution is 2.28. The predicted octanol–water partition coefficient (Wildman–Crippen LogP) is 2.23. The summed E-state index contributed by atoms with van der Waals surface area (Å²) in [5.74, 6) is 1.06. The lowest BCUT2D eigenvalue weighted by Gasteiger charge is -2.09. The number of benzene rings is 1. The molecule has 0 saturated heterocycles. The number of hydrogen-bond acceptors (Lipinski definition) is 4. The summed E-state index contributed by atoms with van der Waals surface area (Å²) in [7, 11) is 4.88. The molecule has 0 saturated carbocycles. The van der Waals surface area contributed by atoms with Crippen LogP contribution in [0.4, 0.5) is 0 Å². The van der Waals surface area contributed by atoms with Crippen LogP contribution in [0.1, 0.15) is 28.7 Å². The van der Waals surface area contributed by atoms with Crippen molar-refractivity contribution in [3.63, 3.8) is 0 Å². The molecule has 0 fully saturated rings. The third-order valence-electron chi connectivity index (χ3n) is 3.17. The van der Waals surface area contributed by atoms with Crippen molar-refractivity contribution in [2.24, 2.45) is 7.05 Å². The van der Waals surface area contributed by atoms with E-state index in [1.807, 2.05) is 13.0 Å². The van der Waals surface area contributed by atoms with Crippen LogP contribution in [0.5, 0.6) is 11.5 Å². The lowest BCUT2D eigenvalue weighted by Crippen LogP contribution is -2.08. The molecule has 0 spiro atoms. The maximum atomic E-state index is 12.5. The number of aromatic nitrogens is 2. The van der Waals surface area contributed by atoms with Crippen LogP contribution in [-0.4, -0.2) is 29.8 Å². The lowest BCUT2D eigenvalue weighted by molar-refractivity contribution is 0.103. The molecule has 0 radical (unpaired) electrons. The van der Waals surface area contributed by atoms with Gasteiger partial charge in [-0.05, 0) is 30.7 Å². The summed E-state index contributed by atoms with van der Waals surface area (Å²) in [5.41, 5.74) is 2.01. The minimum absolute atomic E-state index is 0.0827. The van der Waals surface area contributed by atoms with Crippen LogP contribution in [0, 0.1) is 0 Å². The van der Waals surface area contributed by atoms with Crippen molar-refractivity contribution in [2.45, 2.75) is 13.3 Å². The highest BCUT2D eigenvalue weighted by atomic mass is 16.5. The molecule has 5 heteroatoms. The Kier molecular flexibility index (Phi) is 4.08. The van der Waals surface area contributed by atoms with E-state index >= 15 is 0 Å². The van der Waals surface area contributed by atoms with Gasteiger partial charge in [0.1, 0.15) is 5.69 Å². The van der Waals surface area contributed by atoms with Crippen LogP contribution in [0.2, 0.25) is 0 Å². The Morgan fingerprint density at radius 1 is 1.20 bits per heavy atom. The Morgan fingerprint density at radius 2 is 1.90 bits per heavy atom. The van der Waals surface area contributed by atoms with Gasteiger partial charge in [0.15, 0.2) is 11.5 Å². The Bertz CT molecular complexity index is 632. The summed E-state index contributed by atoms with van der Waals surface area (Å²) in [6, 6.07) is 6.95. The smallest absolute Gasteiger partial charge is 0.211 e. The predicted molar refractivity (Wildman–Crippen MR) is 75.6 cm³/mol. The Hall–Kier alpha value is -2.30. The molecule has 0 unspecified atom stereocenters. The number of ether oxygens (including phenoxy) is 2. The highest BCUT2D eigenvalue weighted by Gasteiger charge is 2.17. The molecule has 2 rings (SSSR count). The quantitative estimate of drug-likeness (QED) is 0.785. The lowest BCUT2D eigenvalue weighted by atomic mass is 10.1. The van der Waals surface area contributed by atoms with Crippen LogP contribution in [-0.2, 0) is 13.5 Å². The molecule has 20 heavy (non-hydrogen) atoms. The van der Waals surface area contributed by atoms with Gasteiger partial charge in [-0.2, -0.15) is 5.10 Å². The van der Waals surface area contributed by atoms with Gasteiger partial charge in [-0.3, -0.25) is 9.48 Å². The van der Waals surface area contributed by atoms with Crippen LogP contribution in [0.15, 0.2) is 24.3 Å². The topological polar surface area (TPSA) is 53.4 Å². The molecular weight excluding hydrogens is 256 g/mol. The van der Waals surface area contributed by atoms with Gasteiger partial charge >= 0.3 is 0 Å². The summed E-state index contributed by atoms with van der Waals surface area (Å²) in [5, 5.41) is 4.29. The number of carbonyl (C=O) groups is 1.